The molecular weight excluding hydrogens is 468 g/mol. The maximum absolute atomic E-state index is 13.2. The molecule has 0 aliphatic carbocycles. The van der Waals surface area contributed by atoms with Crippen molar-refractivity contribution in [1.29, 1.82) is 0 Å². The number of pyridine rings is 1. The lowest BCUT2D eigenvalue weighted by Gasteiger charge is -2.12. The zero-order chi connectivity index (χ0) is 25.5. The summed E-state index contributed by atoms with van der Waals surface area (Å²) in [6.07, 6.45) is 4.78. The van der Waals surface area contributed by atoms with E-state index >= 15 is 0 Å². The fraction of sp³-hybridized carbons (Fsp3) is 0.0741. The topological polar surface area (TPSA) is 126 Å². The minimum absolute atomic E-state index is 0.241. The summed E-state index contributed by atoms with van der Waals surface area (Å²) in [5.41, 5.74) is 11.0. The van der Waals surface area contributed by atoms with Gasteiger partial charge in [0, 0.05) is 35.9 Å². The lowest BCUT2D eigenvalue weighted by molar-refractivity contribution is 0.101. The van der Waals surface area contributed by atoms with Gasteiger partial charge in [0.05, 0.1) is 23.9 Å². The summed E-state index contributed by atoms with van der Waals surface area (Å²) < 4.78 is 9.21. The Hall–Kier alpha value is -5.25. The molecule has 0 atom stereocenters. The summed E-state index contributed by atoms with van der Waals surface area (Å²) in [5.74, 6) is 0.550. The molecule has 6 rings (SSSR count). The summed E-state index contributed by atoms with van der Waals surface area (Å²) in [4.78, 5) is 25.8. The van der Waals surface area contributed by atoms with Crippen LogP contribution in [0.5, 0.6) is 5.75 Å². The van der Waals surface area contributed by atoms with Crippen molar-refractivity contribution >= 4 is 39.3 Å². The molecule has 4 aromatic heterocycles. The molecule has 2 aromatic carbocycles. The fourth-order valence-corrected chi connectivity index (χ4v) is 4.48. The number of fused-ring (bicyclic) bond motifs is 2. The van der Waals surface area contributed by atoms with E-state index in [1.54, 1.807) is 30.3 Å². The molecule has 1 amide bonds. The van der Waals surface area contributed by atoms with Crippen LogP contribution in [0.3, 0.4) is 0 Å². The Kier molecular flexibility index (Phi) is 5.26. The molecule has 0 unspecified atom stereocenters. The Labute approximate surface area is 211 Å². The number of aryl methyl sites for hydroxylation is 1. The predicted octanol–water partition coefficient (Wildman–Crippen LogP) is 4.21. The van der Waals surface area contributed by atoms with Gasteiger partial charge in [0.2, 0.25) is 0 Å². The Bertz CT molecular complexity index is 1790. The van der Waals surface area contributed by atoms with Crippen LogP contribution in [0.2, 0.25) is 0 Å². The van der Waals surface area contributed by atoms with Crippen LogP contribution in [-0.2, 0) is 7.05 Å². The largest absolute Gasteiger partial charge is 0.495 e. The maximum atomic E-state index is 13.2. The van der Waals surface area contributed by atoms with E-state index in [1.807, 2.05) is 66.2 Å². The molecule has 0 radical (unpaired) electrons. The van der Waals surface area contributed by atoms with Crippen molar-refractivity contribution in [2.75, 3.05) is 18.2 Å². The van der Waals surface area contributed by atoms with Gasteiger partial charge in [-0.2, -0.15) is 5.10 Å². The minimum Gasteiger partial charge on any atom is -0.495 e. The number of rotatable bonds is 5. The third kappa shape index (κ3) is 3.71. The number of nitrogen functional groups attached to an aromatic ring is 1. The number of carbonyl (C=O) groups excluding carboxylic acids is 1. The number of amides is 1. The average molecular weight is 491 g/mol. The summed E-state index contributed by atoms with van der Waals surface area (Å²) in [6, 6.07) is 18.8. The third-order valence-corrected chi connectivity index (χ3v) is 6.31. The number of methoxy groups -OCH3 is 1. The molecule has 3 N–H and O–H groups in total. The molecule has 0 aliphatic heterocycles. The Morgan fingerprint density at radius 3 is 2.62 bits per heavy atom. The normalized spacial score (nSPS) is 11.2. The third-order valence-electron chi connectivity index (χ3n) is 6.31. The SMILES string of the molecule is COc1cc(-c2nn(-c3ccncc3)c3ncnc(N)c23)ccc1NC(=O)c1cc2ccccc2n1C. The summed E-state index contributed by atoms with van der Waals surface area (Å²) in [5, 5.41) is 9.38. The Morgan fingerprint density at radius 2 is 1.84 bits per heavy atom. The number of ether oxygens (including phenoxy) is 1. The number of aromatic nitrogens is 6. The van der Waals surface area contributed by atoms with Crippen molar-refractivity contribution in [2.45, 2.75) is 0 Å². The van der Waals surface area contributed by atoms with Gasteiger partial charge < -0.3 is 20.4 Å². The van der Waals surface area contributed by atoms with Crippen LogP contribution in [0.15, 0.2) is 79.4 Å². The van der Waals surface area contributed by atoms with Gasteiger partial charge in [-0.05, 0) is 36.4 Å². The zero-order valence-corrected chi connectivity index (χ0v) is 20.1. The molecule has 182 valence electrons. The number of anilines is 2. The summed E-state index contributed by atoms with van der Waals surface area (Å²) in [7, 11) is 3.42. The molecule has 6 aromatic rings. The van der Waals surface area contributed by atoms with Crippen LogP contribution in [0.1, 0.15) is 10.5 Å². The molecule has 10 nitrogen and oxygen atoms in total. The first-order valence-electron chi connectivity index (χ1n) is 11.5. The molecule has 0 saturated carbocycles. The number of benzene rings is 2. The molecule has 0 fully saturated rings. The number of nitrogens with zero attached hydrogens (tertiary/aromatic N) is 6. The van der Waals surface area contributed by atoms with Crippen molar-refractivity contribution in [2.24, 2.45) is 7.05 Å². The molecule has 37 heavy (non-hydrogen) atoms. The highest BCUT2D eigenvalue weighted by atomic mass is 16.5. The van der Waals surface area contributed by atoms with Gasteiger partial charge in [0.1, 0.15) is 29.3 Å². The molecule has 10 heteroatoms. The van der Waals surface area contributed by atoms with Gasteiger partial charge in [0.15, 0.2) is 5.65 Å². The van der Waals surface area contributed by atoms with Crippen molar-refractivity contribution in [3.8, 4) is 22.7 Å². The van der Waals surface area contributed by atoms with Crippen LogP contribution < -0.4 is 15.8 Å². The van der Waals surface area contributed by atoms with Crippen LogP contribution in [0.25, 0.3) is 38.9 Å². The van der Waals surface area contributed by atoms with E-state index in [0.717, 1.165) is 22.2 Å². The van der Waals surface area contributed by atoms with Crippen molar-refractivity contribution in [3.05, 3.63) is 85.1 Å². The van der Waals surface area contributed by atoms with Gasteiger partial charge in [0.25, 0.3) is 5.91 Å². The molecule has 0 spiro atoms. The predicted molar refractivity (Wildman–Crippen MR) is 142 cm³/mol. The lowest BCUT2D eigenvalue weighted by atomic mass is 10.1. The van der Waals surface area contributed by atoms with E-state index in [0.29, 0.717) is 39.7 Å². The maximum Gasteiger partial charge on any atom is 0.272 e. The first-order valence-corrected chi connectivity index (χ1v) is 11.5. The van der Waals surface area contributed by atoms with Gasteiger partial charge in [-0.3, -0.25) is 9.78 Å². The van der Waals surface area contributed by atoms with Crippen LogP contribution in [0, 0.1) is 0 Å². The van der Waals surface area contributed by atoms with E-state index in [4.69, 9.17) is 15.6 Å². The quantitative estimate of drug-likeness (QED) is 0.371. The number of nitrogens with one attached hydrogen (secondary N) is 1. The molecule has 0 aliphatic rings. The molecule has 0 bridgehead atoms. The standard InChI is InChI=1S/C27H22N8O2/c1-34-20-6-4-3-5-16(20)13-21(34)27(36)32-19-8-7-17(14-22(19)37-2)24-23-25(28)30-15-31-26(23)35(33-24)18-9-11-29-12-10-18/h3-15H,1-2H3,(H,32,36)(H2,28,30,31). The average Bonchev–Trinajstić information content (AvgIpc) is 3.49. The highest BCUT2D eigenvalue weighted by Crippen LogP contribution is 2.36. The number of hydrogen-bond donors (Lipinski definition) is 2. The summed E-state index contributed by atoms with van der Waals surface area (Å²) in [6.45, 7) is 0. The van der Waals surface area contributed by atoms with Crippen LogP contribution in [0.4, 0.5) is 11.5 Å². The van der Waals surface area contributed by atoms with E-state index in [9.17, 15) is 4.79 Å². The molecule has 0 saturated heterocycles. The zero-order valence-electron chi connectivity index (χ0n) is 20.1. The van der Waals surface area contributed by atoms with E-state index in [-0.39, 0.29) is 5.91 Å². The number of hydrogen-bond acceptors (Lipinski definition) is 7. The van der Waals surface area contributed by atoms with E-state index in [1.165, 1.54) is 6.33 Å². The Balaban J connectivity index is 1.40. The highest BCUT2D eigenvalue weighted by molar-refractivity contribution is 6.07. The van der Waals surface area contributed by atoms with Crippen molar-refractivity contribution in [1.82, 2.24) is 29.3 Å². The number of para-hydroxylation sites is 1. The minimum atomic E-state index is -0.241. The first kappa shape index (κ1) is 22.2. The lowest BCUT2D eigenvalue weighted by Crippen LogP contribution is -2.16. The molecular formula is C27H22N8O2. The van der Waals surface area contributed by atoms with Crippen molar-refractivity contribution < 1.29 is 9.53 Å². The van der Waals surface area contributed by atoms with Gasteiger partial charge in [-0.15, -0.1) is 0 Å². The second kappa shape index (κ2) is 8.76. The van der Waals surface area contributed by atoms with E-state index in [2.05, 4.69) is 20.3 Å². The Morgan fingerprint density at radius 1 is 1.03 bits per heavy atom. The molecule has 4 heterocycles. The van der Waals surface area contributed by atoms with Gasteiger partial charge >= 0.3 is 0 Å². The van der Waals surface area contributed by atoms with Crippen molar-refractivity contribution in [3.63, 3.8) is 0 Å². The van der Waals surface area contributed by atoms with E-state index < -0.39 is 0 Å². The van der Waals surface area contributed by atoms with Crippen LogP contribution in [-0.4, -0.2) is 42.3 Å². The second-order valence-electron chi connectivity index (χ2n) is 8.44. The first-order chi connectivity index (χ1) is 18.0. The smallest absolute Gasteiger partial charge is 0.272 e. The second-order valence-corrected chi connectivity index (χ2v) is 8.44. The highest BCUT2D eigenvalue weighted by Gasteiger charge is 2.20. The van der Waals surface area contributed by atoms with Crippen LogP contribution >= 0.6 is 0 Å². The number of carbonyl (C=O) groups is 1. The summed E-state index contributed by atoms with van der Waals surface area (Å²) >= 11 is 0. The van der Waals surface area contributed by atoms with Gasteiger partial charge in [-0.25, -0.2) is 14.6 Å². The fourth-order valence-electron chi connectivity index (χ4n) is 4.48. The monoisotopic (exact) mass is 490 g/mol. The number of nitrogens with two attached hydrogens (primary N) is 1. The van der Waals surface area contributed by atoms with Gasteiger partial charge in [-0.1, -0.05) is 24.3 Å².